The van der Waals surface area contributed by atoms with E-state index in [2.05, 4.69) is 44.4 Å². The van der Waals surface area contributed by atoms with E-state index >= 15 is 0 Å². The molecule has 0 radical (unpaired) electrons. The highest BCUT2D eigenvalue weighted by Gasteiger charge is 2.35. The summed E-state index contributed by atoms with van der Waals surface area (Å²) < 4.78 is 5.86. The number of thiophene rings is 1. The molecule has 0 aliphatic heterocycles. The molecule has 0 saturated heterocycles. The first-order valence-electron chi connectivity index (χ1n) is 12.0. The van der Waals surface area contributed by atoms with Gasteiger partial charge in [0.2, 0.25) is 0 Å². The number of hydrogen-bond acceptors (Lipinski definition) is 4. The lowest BCUT2D eigenvalue weighted by Crippen LogP contribution is -2.28. The van der Waals surface area contributed by atoms with Gasteiger partial charge in [0.15, 0.2) is 0 Å². The van der Waals surface area contributed by atoms with Crippen LogP contribution in [0.5, 0.6) is 0 Å². The SMILES string of the molecule is CC(C)(C)C1C/C(=C\c2cccs2)c2nc3ccccc3c(C(=O)OCc3ccc(Cl)cc3Cl)c2C1. The molecule has 0 saturated carbocycles. The summed E-state index contributed by atoms with van der Waals surface area (Å²) in [6.07, 6.45) is 3.91. The molecule has 0 fully saturated rings. The molecule has 2 aromatic carbocycles. The van der Waals surface area contributed by atoms with Crippen LogP contribution in [0.1, 0.15) is 59.2 Å². The third-order valence-corrected chi connectivity index (χ3v) is 8.28. The Morgan fingerprint density at radius 2 is 1.92 bits per heavy atom. The van der Waals surface area contributed by atoms with Crippen molar-refractivity contribution in [3.05, 3.63) is 97.3 Å². The van der Waals surface area contributed by atoms with E-state index in [1.54, 1.807) is 29.5 Å². The van der Waals surface area contributed by atoms with E-state index in [-0.39, 0.29) is 18.0 Å². The molecule has 0 N–H and O–H groups in total. The van der Waals surface area contributed by atoms with Crippen LogP contribution in [0.4, 0.5) is 0 Å². The van der Waals surface area contributed by atoms with E-state index in [0.717, 1.165) is 35.0 Å². The minimum absolute atomic E-state index is 0.0654. The van der Waals surface area contributed by atoms with Crippen LogP contribution in [0.15, 0.2) is 60.0 Å². The number of benzene rings is 2. The minimum Gasteiger partial charge on any atom is -0.457 e. The second kappa shape index (κ2) is 10.0. The second-order valence-electron chi connectivity index (χ2n) is 10.3. The molecule has 6 heteroatoms. The van der Waals surface area contributed by atoms with E-state index in [4.69, 9.17) is 32.9 Å². The molecule has 4 aromatic rings. The minimum atomic E-state index is -0.360. The summed E-state index contributed by atoms with van der Waals surface area (Å²) in [5.41, 5.74) is 5.21. The van der Waals surface area contributed by atoms with Crippen molar-refractivity contribution in [1.82, 2.24) is 4.98 Å². The van der Waals surface area contributed by atoms with Gasteiger partial charge in [0.25, 0.3) is 0 Å². The van der Waals surface area contributed by atoms with Gasteiger partial charge in [0, 0.05) is 25.9 Å². The lowest BCUT2D eigenvalue weighted by molar-refractivity contribution is 0.0473. The molecule has 0 spiro atoms. The Hall–Kier alpha value is -2.66. The third kappa shape index (κ3) is 5.08. The fraction of sp³-hybridized carbons (Fsp3) is 0.267. The van der Waals surface area contributed by atoms with Crippen molar-refractivity contribution < 1.29 is 9.53 Å². The van der Waals surface area contributed by atoms with Crippen LogP contribution in [0.25, 0.3) is 22.6 Å². The zero-order chi connectivity index (χ0) is 25.4. The number of fused-ring (bicyclic) bond motifs is 2. The Morgan fingerprint density at radius 1 is 1.11 bits per heavy atom. The van der Waals surface area contributed by atoms with Crippen LogP contribution in [0, 0.1) is 11.3 Å². The smallest absolute Gasteiger partial charge is 0.339 e. The Balaban J connectivity index is 1.63. The number of carbonyl (C=O) groups excluding carboxylic acids is 1. The lowest BCUT2D eigenvalue weighted by Gasteiger charge is -2.36. The molecule has 5 rings (SSSR count). The Morgan fingerprint density at radius 3 is 2.64 bits per heavy atom. The Labute approximate surface area is 225 Å². The predicted octanol–water partition coefficient (Wildman–Crippen LogP) is 9.11. The number of pyridine rings is 1. The monoisotopic (exact) mass is 535 g/mol. The normalized spacial score (nSPS) is 16.8. The van der Waals surface area contributed by atoms with Gasteiger partial charge >= 0.3 is 5.97 Å². The standard InChI is InChI=1S/C30H27Cl2NO2S/c1-30(2,3)20-13-19(14-22-7-6-12-36-22)28-24(15-20)27(23-8-4-5-9-26(23)33-28)29(34)35-17-18-10-11-21(31)16-25(18)32/h4-12,14,16,20H,13,15,17H2,1-3H3/b19-14+. The summed E-state index contributed by atoms with van der Waals surface area (Å²) in [5.74, 6) is -0.00247. The Bertz CT molecular complexity index is 1470. The largest absolute Gasteiger partial charge is 0.457 e. The number of esters is 1. The highest BCUT2D eigenvalue weighted by Crippen LogP contribution is 2.45. The maximum atomic E-state index is 13.7. The number of rotatable bonds is 4. The summed E-state index contributed by atoms with van der Waals surface area (Å²) >= 11 is 14.1. The van der Waals surface area contributed by atoms with E-state index < -0.39 is 0 Å². The van der Waals surface area contributed by atoms with Gasteiger partial charge in [-0.3, -0.25) is 0 Å². The molecule has 1 unspecified atom stereocenters. The van der Waals surface area contributed by atoms with Gasteiger partial charge in [0.1, 0.15) is 6.61 Å². The van der Waals surface area contributed by atoms with Crippen molar-refractivity contribution in [2.75, 3.05) is 0 Å². The first kappa shape index (κ1) is 25.0. The molecular formula is C30H27Cl2NO2S. The molecule has 0 amide bonds. The van der Waals surface area contributed by atoms with E-state index in [1.165, 1.54) is 10.5 Å². The predicted molar refractivity (Wildman–Crippen MR) is 151 cm³/mol. The van der Waals surface area contributed by atoms with Crippen molar-refractivity contribution in [2.45, 2.75) is 40.2 Å². The zero-order valence-corrected chi connectivity index (χ0v) is 22.8. The topological polar surface area (TPSA) is 39.2 Å². The molecule has 184 valence electrons. The molecule has 0 bridgehead atoms. The van der Waals surface area contributed by atoms with Gasteiger partial charge in [-0.05, 0) is 71.0 Å². The van der Waals surface area contributed by atoms with Crippen molar-refractivity contribution >= 4 is 63.1 Å². The number of aromatic nitrogens is 1. The van der Waals surface area contributed by atoms with Crippen LogP contribution >= 0.6 is 34.5 Å². The van der Waals surface area contributed by atoms with Gasteiger partial charge in [-0.2, -0.15) is 0 Å². The number of allylic oxidation sites excluding steroid dienone is 1. The molecular weight excluding hydrogens is 509 g/mol. The van der Waals surface area contributed by atoms with Crippen LogP contribution < -0.4 is 0 Å². The average Bonchev–Trinajstić information content (AvgIpc) is 3.34. The lowest BCUT2D eigenvalue weighted by atomic mass is 9.69. The molecule has 36 heavy (non-hydrogen) atoms. The summed E-state index contributed by atoms with van der Waals surface area (Å²) in [4.78, 5) is 20.0. The van der Waals surface area contributed by atoms with Gasteiger partial charge in [0.05, 0.1) is 16.8 Å². The van der Waals surface area contributed by atoms with Crippen molar-refractivity contribution in [3.63, 3.8) is 0 Å². The van der Waals surface area contributed by atoms with E-state index in [0.29, 0.717) is 27.1 Å². The van der Waals surface area contributed by atoms with Crippen molar-refractivity contribution in [1.29, 1.82) is 0 Å². The summed E-state index contributed by atoms with van der Waals surface area (Å²) in [7, 11) is 0. The molecule has 1 aliphatic carbocycles. The maximum Gasteiger partial charge on any atom is 0.339 e. The van der Waals surface area contributed by atoms with Gasteiger partial charge < -0.3 is 4.74 Å². The van der Waals surface area contributed by atoms with Crippen molar-refractivity contribution in [3.8, 4) is 0 Å². The first-order chi connectivity index (χ1) is 17.2. The van der Waals surface area contributed by atoms with E-state index in [9.17, 15) is 4.79 Å². The average molecular weight is 537 g/mol. The number of para-hydroxylation sites is 1. The van der Waals surface area contributed by atoms with Crippen LogP contribution in [0.3, 0.4) is 0 Å². The first-order valence-corrected chi connectivity index (χ1v) is 13.6. The summed E-state index contributed by atoms with van der Waals surface area (Å²) in [6, 6.07) is 17.2. The maximum absolute atomic E-state index is 13.7. The third-order valence-electron chi connectivity index (χ3n) is 6.88. The molecule has 2 aromatic heterocycles. The second-order valence-corrected chi connectivity index (χ2v) is 12.1. The molecule has 1 atom stereocenters. The fourth-order valence-electron chi connectivity index (χ4n) is 4.77. The number of carbonyl (C=O) groups is 1. The highest BCUT2D eigenvalue weighted by atomic mass is 35.5. The number of halogens is 2. The zero-order valence-electron chi connectivity index (χ0n) is 20.5. The summed E-state index contributed by atoms with van der Waals surface area (Å²) in [5, 5.41) is 3.91. The fourth-order valence-corrected chi connectivity index (χ4v) is 5.91. The van der Waals surface area contributed by atoms with Crippen molar-refractivity contribution in [2.24, 2.45) is 11.3 Å². The van der Waals surface area contributed by atoms with E-state index in [1.807, 2.05) is 24.3 Å². The number of ether oxygens (including phenoxy) is 1. The molecule has 3 nitrogen and oxygen atoms in total. The van der Waals surface area contributed by atoms with Crippen LogP contribution in [0.2, 0.25) is 10.0 Å². The van der Waals surface area contributed by atoms with Gasteiger partial charge in [-0.15, -0.1) is 11.3 Å². The molecule has 1 aliphatic rings. The number of hydrogen-bond donors (Lipinski definition) is 0. The quantitative estimate of drug-likeness (QED) is 0.244. The highest BCUT2D eigenvalue weighted by molar-refractivity contribution is 7.10. The summed E-state index contributed by atoms with van der Waals surface area (Å²) in [6.45, 7) is 6.86. The van der Waals surface area contributed by atoms with Gasteiger partial charge in [-0.1, -0.05) is 74.3 Å². The number of nitrogens with zero attached hydrogens (tertiary/aromatic N) is 1. The Kier molecular flexibility index (Phi) is 6.95. The molecule has 2 heterocycles. The van der Waals surface area contributed by atoms with Crippen LogP contribution in [-0.2, 0) is 17.8 Å². The van der Waals surface area contributed by atoms with Crippen LogP contribution in [-0.4, -0.2) is 11.0 Å². The van der Waals surface area contributed by atoms with Gasteiger partial charge in [-0.25, -0.2) is 9.78 Å².